The second-order valence-electron chi connectivity index (χ2n) is 5.22. The minimum Gasteiger partial charge on any atom is -0.495 e. The van der Waals surface area contributed by atoms with Gasteiger partial charge in [0.1, 0.15) is 11.5 Å². The fourth-order valence-electron chi connectivity index (χ4n) is 2.62. The zero-order valence-electron chi connectivity index (χ0n) is 12.2. The van der Waals surface area contributed by atoms with Crippen LogP contribution in [0.3, 0.4) is 0 Å². The number of hydrogen-bond acceptors (Lipinski definition) is 3. The highest BCUT2D eigenvalue weighted by Crippen LogP contribution is 2.38. The molecule has 0 spiro atoms. The lowest BCUT2D eigenvalue weighted by atomic mass is 10.00. The molecule has 0 radical (unpaired) electrons. The minimum atomic E-state index is 0.225. The third kappa shape index (κ3) is 3.00. The van der Waals surface area contributed by atoms with Crippen LogP contribution in [-0.2, 0) is 0 Å². The molecule has 0 aromatic heterocycles. The van der Waals surface area contributed by atoms with Gasteiger partial charge < -0.3 is 14.8 Å². The van der Waals surface area contributed by atoms with Crippen molar-refractivity contribution in [3.8, 4) is 11.5 Å². The summed E-state index contributed by atoms with van der Waals surface area (Å²) in [5.41, 5.74) is 3.38. The fourth-order valence-corrected chi connectivity index (χ4v) is 3.00. The van der Waals surface area contributed by atoms with Crippen molar-refractivity contribution in [1.29, 1.82) is 0 Å². The summed E-state index contributed by atoms with van der Waals surface area (Å²) in [6.45, 7) is 2.79. The lowest BCUT2D eigenvalue weighted by Crippen LogP contribution is -2.20. The molecule has 2 aromatic rings. The Morgan fingerprint density at radius 1 is 1.24 bits per heavy atom. The van der Waals surface area contributed by atoms with Gasteiger partial charge in [0.25, 0.3) is 0 Å². The second kappa shape index (κ2) is 5.98. The molecule has 1 heterocycles. The number of hydrogen-bond donors (Lipinski definition) is 1. The van der Waals surface area contributed by atoms with Crippen molar-refractivity contribution < 1.29 is 9.47 Å². The summed E-state index contributed by atoms with van der Waals surface area (Å²) in [5.74, 6) is 1.83. The largest absolute Gasteiger partial charge is 0.495 e. The van der Waals surface area contributed by atoms with E-state index in [-0.39, 0.29) is 6.04 Å². The highest BCUT2D eigenvalue weighted by atomic mass is 79.9. The van der Waals surface area contributed by atoms with Crippen LogP contribution in [0.2, 0.25) is 0 Å². The molecule has 0 fully saturated rings. The van der Waals surface area contributed by atoms with Crippen LogP contribution in [0.1, 0.15) is 23.6 Å². The summed E-state index contributed by atoms with van der Waals surface area (Å²) in [5, 5.41) is 3.59. The molecule has 1 aliphatic rings. The molecule has 0 saturated carbocycles. The summed E-state index contributed by atoms with van der Waals surface area (Å²) >= 11 is 3.53. The third-order valence-corrected chi connectivity index (χ3v) is 4.19. The van der Waals surface area contributed by atoms with Crippen molar-refractivity contribution in [2.75, 3.05) is 19.0 Å². The van der Waals surface area contributed by atoms with Crippen LogP contribution in [0.5, 0.6) is 11.5 Å². The quantitative estimate of drug-likeness (QED) is 0.872. The van der Waals surface area contributed by atoms with E-state index in [0.717, 1.165) is 34.7 Å². The normalized spacial score (nSPS) is 16.8. The van der Waals surface area contributed by atoms with Crippen LogP contribution in [0.15, 0.2) is 40.9 Å². The van der Waals surface area contributed by atoms with Gasteiger partial charge in [-0.3, -0.25) is 0 Å². The van der Waals surface area contributed by atoms with Crippen LogP contribution >= 0.6 is 15.9 Å². The molecule has 3 nitrogen and oxygen atoms in total. The summed E-state index contributed by atoms with van der Waals surface area (Å²) < 4.78 is 12.3. The van der Waals surface area contributed by atoms with Crippen molar-refractivity contribution in [3.63, 3.8) is 0 Å². The molecule has 0 amide bonds. The monoisotopic (exact) mass is 347 g/mol. The maximum atomic E-state index is 5.73. The molecule has 1 aliphatic heterocycles. The van der Waals surface area contributed by atoms with Crippen LogP contribution in [0.25, 0.3) is 0 Å². The number of methoxy groups -OCH3 is 1. The van der Waals surface area contributed by atoms with E-state index in [1.807, 2.05) is 18.2 Å². The van der Waals surface area contributed by atoms with Crippen LogP contribution in [-0.4, -0.2) is 13.7 Å². The molecular weight excluding hydrogens is 330 g/mol. The molecule has 2 aromatic carbocycles. The molecule has 0 saturated heterocycles. The number of nitrogens with one attached hydrogen (secondary N) is 1. The van der Waals surface area contributed by atoms with Gasteiger partial charge >= 0.3 is 0 Å². The Kier molecular flexibility index (Phi) is 4.06. The van der Waals surface area contributed by atoms with Crippen molar-refractivity contribution in [2.24, 2.45) is 0 Å². The predicted molar refractivity (Wildman–Crippen MR) is 88.3 cm³/mol. The standard InChI is InChI=1S/C17H18BrNO2/c1-11-3-5-15(17(9-11)20-2)19-14-7-8-21-16-6-4-12(18)10-13(14)16/h3-6,9-10,14,19H,7-8H2,1-2H3. The number of aryl methyl sites for hydroxylation is 1. The number of halogens is 1. The number of benzene rings is 2. The summed E-state index contributed by atoms with van der Waals surface area (Å²) in [6.07, 6.45) is 0.931. The molecule has 0 aliphatic carbocycles. The topological polar surface area (TPSA) is 30.5 Å². The first-order valence-electron chi connectivity index (χ1n) is 7.01. The van der Waals surface area contributed by atoms with E-state index in [2.05, 4.69) is 46.4 Å². The Balaban J connectivity index is 1.92. The van der Waals surface area contributed by atoms with E-state index < -0.39 is 0 Å². The van der Waals surface area contributed by atoms with Crippen LogP contribution in [0.4, 0.5) is 5.69 Å². The SMILES string of the molecule is COc1cc(C)ccc1NC1CCOc2ccc(Br)cc21. The molecule has 1 N–H and O–H groups in total. The van der Waals surface area contributed by atoms with Gasteiger partial charge in [-0.05, 0) is 42.8 Å². The van der Waals surface area contributed by atoms with Gasteiger partial charge in [0, 0.05) is 16.5 Å². The van der Waals surface area contributed by atoms with Crippen molar-refractivity contribution in [2.45, 2.75) is 19.4 Å². The average molecular weight is 348 g/mol. The Morgan fingerprint density at radius 3 is 2.90 bits per heavy atom. The molecular formula is C17H18BrNO2. The van der Waals surface area contributed by atoms with Gasteiger partial charge in [-0.15, -0.1) is 0 Å². The Hall–Kier alpha value is -1.68. The first-order valence-corrected chi connectivity index (χ1v) is 7.80. The summed E-state index contributed by atoms with van der Waals surface area (Å²) in [4.78, 5) is 0. The Morgan fingerprint density at radius 2 is 2.10 bits per heavy atom. The maximum Gasteiger partial charge on any atom is 0.142 e. The first kappa shape index (κ1) is 14.3. The number of ether oxygens (including phenoxy) is 2. The van der Waals surface area contributed by atoms with E-state index in [1.54, 1.807) is 7.11 Å². The van der Waals surface area contributed by atoms with Crippen molar-refractivity contribution >= 4 is 21.6 Å². The van der Waals surface area contributed by atoms with E-state index in [9.17, 15) is 0 Å². The predicted octanol–water partition coefficient (Wildman–Crippen LogP) is 4.70. The zero-order valence-corrected chi connectivity index (χ0v) is 13.7. The van der Waals surface area contributed by atoms with E-state index in [0.29, 0.717) is 0 Å². The van der Waals surface area contributed by atoms with Gasteiger partial charge in [-0.1, -0.05) is 22.0 Å². The fraction of sp³-hybridized carbons (Fsp3) is 0.294. The molecule has 110 valence electrons. The highest BCUT2D eigenvalue weighted by molar-refractivity contribution is 9.10. The molecule has 4 heteroatoms. The van der Waals surface area contributed by atoms with Gasteiger partial charge in [0.05, 0.1) is 25.4 Å². The van der Waals surface area contributed by atoms with E-state index in [4.69, 9.17) is 9.47 Å². The smallest absolute Gasteiger partial charge is 0.142 e. The number of anilines is 1. The minimum absolute atomic E-state index is 0.225. The zero-order chi connectivity index (χ0) is 14.8. The van der Waals surface area contributed by atoms with Gasteiger partial charge in [0.15, 0.2) is 0 Å². The van der Waals surface area contributed by atoms with Crippen LogP contribution in [0, 0.1) is 6.92 Å². The third-order valence-electron chi connectivity index (χ3n) is 3.70. The number of rotatable bonds is 3. The number of fused-ring (bicyclic) bond motifs is 1. The molecule has 3 rings (SSSR count). The van der Waals surface area contributed by atoms with Crippen LogP contribution < -0.4 is 14.8 Å². The van der Waals surface area contributed by atoms with Gasteiger partial charge in [0.2, 0.25) is 0 Å². The molecule has 21 heavy (non-hydrogen) atoms. The Bertz CT molecular complexity index is 657. The lowest BCUT2D eigenvalue weighted by Gasteiger charge is -2.28. The second-order valence-corrected chi connectivity index (χ2v) is 6.14. The van der Waals surface area contributed by atoms with Gasteiger partial charge in [-0.2, -0.15) is 0 Å². The first-order chi connectivity index (χ1) is 10.2. The average Bonchev–Trinajstić information content (AvgIpc) is 2.49. The van der Waals surface area contributed by atoms with E-state index in [1.165, 1.54) is 11.1 Å². The van der Waals surface area contributed by atoms with Crippen molar-refractivity contribution in [1.82, 2.24) is 0 Å². The molecule has 1 atom stereocenters. The summed E-state index contributed by atoms with van der Waals surface area (Å²) in [7, 11) is 1.70. The maximum absolute atomic E-state index is 5.73. The Labute approximate surface area is 133 Å². The lowest BCUT2D eigenvalue weighted by molar-refractivity contribution is 0.274. The molecule has 0 bridgehead atoms. The van der Waals surface area contributed by atoms with Crippen molar-refractivity contribution in [3.05, 3.63) is 52.0 Å². The molecule has 1 unspecified atom stereocenters. The highest BCUT2D eigenvalue weighted by Gasteiger charge is 2.22. The van der Waals surface area contributed by atoms with Gasteiger partial charge in [-0.25, -0.2) is 0 Å². The van der Waals surface area contributed by atoms with E-state index >= 15 is 0 Å². The summed E-state index contributed by atoms with van der Waals surface area (Å²) in [6, 6.07) is 12.6.